The van der Waals surface area contributed by atoms with Gasteiger partial charge in [0.25, 0.3) is 5.91 Å². The summed E-state index contributed by atoms with van der Waals surface area (Å²) in [7, 11) is 0. The van der Waals surface area contributed by atoms with Crippen molar-refractivity contribution in [3.05, 3.63) is 35.4 Å². The molecule has 3 rings (SSSR count). The Morgan fingerprint density at radius 3 is 2.44 bits per heavy atom. The van der Waals surface area contributed by atoms with Crippen LogP contribution in [0.15, 0.2) is 24.3 Å². The van der Waals surface area contributed by atoms with Crippen LogP contribution in [0.2, 0.25) is 0 Å². The minimum Gasteiger partial charge on any atom is -0.338 e. The number of nitrogens with zero attached hydrogens (tertiary/aromatic N) is 1. The maximum Gasteiger partial charge on any atom is 0.253 e. The molecule has 2 nitrogen and oxygen atoms in total. The van der Waals surface area contributed by atoms with Gasteiger partial charge in [0.2, 0.25) is 0 Å². The molecule has 16 heavy (non-hydrogen) atoms. The largest absolute Gasteiger partial charge is 0.338 e. The second-order valence-electron chi connectivity index (χ2n) is 4.69. The fraction of sp³-hybridized carbons (Fsp3) is 0.357. The van der Waals surface area contributed by atoms with Gasteiger partial charge in [-0.1, -0.05) is 5.92 Å². The summed E-state index contributed by atoms with van der Waals surface area (Å²) in [5.41, 5.74) is 1.57. The fourth-order valence-electron chi connectivity index (χ4n) is 2.46. The highest BCUT2D eigenvalue weighted by Crippen LogP contribution is 2.45. The Balaban J connectivity index is 1.76. The van der Waals surface area contributed by atoms with Crippen LogP contribution in [0.3, 0.4) is 0 Å². The standard InChI is InChI=1S/C14H13NO/c1-2-10-3-5-11(6-4-10)14(16)15-8-12-7-13(12)9-15/h1,3-6,12-13H,7-9H2. The molecule has 1 saturated heterocycles. The molecule has 2 fully saturated rings. The summed E-state index contributed by atoms with van der Waals surface area (Å²) in [6.07, 6.45) is 6.60. The normalized spacial score (nSPS) is 26.1. The Kier molecular flexibility index (Phi) is 2.00. The van der Waals surface area contributed by atoms with E-state index in [1.165, 1.54) is 6.42 Å². The van der Waals surface area contributed by atoms with E-state index in [4.69, 9.17) is 6.42 Å². The van der Waals surface area contributed by atoms with Crippen molar-refractivity contribution in [2.45, 2.75) is 6.42 Å². The van der Waals surface area contributed by atoms with E-state index < -0.39 is 0 Å². The van der Waals surface area contributed by atoms with Gasteiger partial charge in [-0.2, -0.15) is 0 Å². The van der Waals surface area contributed by atoms with Crippen LogP contribution in [-0.4, -0.2) is 23.9 Å². The Hall–Kier alpha value is -1.75. The molecule has 1 amide bonds. The molecule has 0 spiro atoms. The first-order valence-corrected chi connectivity index (χ1v) is 5.64. The molecule has 1 heterocycles. The van der Waals surface area contributed by atoms with Crippen LogP contribution in [0.5, 0.6) is 0 Å². The van der Waals surface area contributed by atoms with Gasteiger partial charge >= 0.3 is 0 Å². The number of carbonyl (C=O) groups excluding carboxylic acids is 1. The first-order valence-electron chi connectivity index (χ1n) is 5.64. The second-order valence-corrected chi connectivity index (χ2v) is 4.69. The Morgan fingerprint density at radius 2 is 1.88 bits per heavy atom. The first-order chi connectivity index (χ1) is 7.78. The van der Waals surface area contributed by atoms with Crippen LogP contribution >= 0.6 is 0 Å². The molecule has 2 heteroatoms. The quantitative estimate of drug-likeness (QED) is 0.648. The van der Waals surface area contributed by atoms with Crippen LogP contribution in [0.25, 0.3) is 0 Å². The van der Waals surface area contributed by atoms with Crippen LogP contribution < -0.4 is 0 Å². The lowest BCUT2D eigenvalue weighted by molar-refractivity contribution is 0.0775. The van der Waals surface area contributed by atoms with Crippen molar-refractivity contribution in [2.75, 3.05) is 13.1 Å². The van der Waals surface area contributed by atoms with Gasteiger partial charge in [-0.05, 0) is 42.5 Å². The number of hydrogen-bond donors (Lipinski definition) is 0. The van der Waals surface area contributed by atoms with Gasteiger partial charge in [-0.15, -0.1) is 6.42 Å². The molecule has 1 aromatic carbocycles. The van der Waals surface area contributed by atoms with Gasteiger partial charge in [0, 0.05) is 24.2 Å². The fourth-order valence-corrected chi connectivity index (χ4v) is 2.46. The Bertz CT molecular complexity index is 459. The molecule has 0 N–H and O–H groups in total. The van der Waals surface area contributed by atoms with Crippen LogP contribution in [0, 0.1) is 24.2 Å². The molecule has 2 unspecified atom stereocenters. The highest BCUT2D eigenvalue weighted by atomic mass is 16.2. The SMILES string of the molecule is C#Cc1ccc(C(=O)N2CC3CC3C2)cc1. The maximum atomic E-state index is 12.1. The number of benzene rings is 1. The predicted octanol–water partition coefficient (Wildman–Crippen LogP) is 1.76. The van der Waals surface area contributed by atoms with Gasteiger partial charge in [0.05, 0.1) is 0 Å². The molecule has 0 aromatic heterocycles. The third kappa shape index (κ3) is 1.49. The number of terminal acetylenes is 1. The summed E-state index contributed by atoms with van der Waals surface area (Å²) in [4.78, 5) is 14.0. The van der Waals surface area contributed by atoms with Gasteiger partial charge in [0.1, 0.15) is 0 Å². The summed E-state index contributed by atoms with van der Waals surface area (Å²) in [6.45, 7) is 1.89. The third-order valence-electron chi connectivity index (χ3n) is 3.56. The maximum absolute atomic E-state index is 12.1. The van der Waals surface area contributed by atoms with E-state index >= 15 is 0 Å². The van der Waals surface area contributed by atoms with E-state index in [1.807, 2.05) is 29.2 Å². The van der Waals surface area contributed by atoms with Crippen molar-refractivity contribution in [3.8, 4) is 12.3 Å². The highest BCUT2D eigenvalue weighted by Gasteiger charge is 2.46. The predicted molar refractivity (Wildman–Crippen MR) is 61.9 cm³/mol. The van der Waals surface area contributed by atoms with Crippen LogP contribution in [-0.2, 0) is 0 Å². The summed E-state index contributed by atoms with van der Waals surface area (Å²) < 4.78 is 0. The number of hydrogen-bond acceptors (Lipinski definition) is 1. The second kappa shape index (κ2) is 3.38. The van der Waals surface area contributed by atoms with Crippen molar-refractivity contribution in [3.63, 3.8) is 0 Å². The number of amides is 1. The minimum atomic E-state index is 0.149. The van der Waals surface area contributed by atoms with Crippen molar-refractivity contribution in [1.29, 1.82) is 0 Å². The first kappa shape index (κ1) is 9.47. The zero-order chi connectivity index (χ0) is 11.1. The molecule has 80 valence electrons. The summed E-state index contributed by atoms with van der Waals surface area (Å²) >= 11 is 0. The minimum absolute atomic E-state index is 0.149. The average molecular weight is 211 g/mol. The lowest BCUT2D eigenvalue weighted by atomic mass is 10.1. The number of likely N-dealkylation sites (tertiary alicyclic amines) is 1. The Labute approximate surface area is 95.3 Å². The monoisotopic (exact) mass is 211 g/mol. The number of rotatable bonds is 1. The van der Waals surface area contributed by atoms with E-state index in [9.17, 15) is 4.79 Å². The molecule has 1 saturated carbocycles. The molecule has 1 aliphatic carbocycles. The smallest absolute Gasteiger partial charge is 0.253 e. The van der Waals surface area contributed by atoms with Gasteiger partial charge < -0.3 is 4.90 Å². The zero-order valence-electron chi connectivity index (χ0n) is 9.02. The van der Waals surface area contributed by atoms with Crippen molar-refractivity contribution >= 4 is 5.91 Å². The molecule has 0 bridgehead atoms. The van der Waals surface area contributed by atoms with Crippen molar-refractivity contribution in [2.24, 2.45) is 11.8 Å². The van der Waals surface area contributed by atoms with E-state index in [0.29, 0.717) is 0 Å². The van der Waals surface area contributed by atoms with Gasteiger partial charge in [0.15, 0.2) is 0 Å². The lowest BCUT2D eigenvalue weighted by Gasteiger charge is -2.17. The van der Waals surface area contributed by atoms with Crippen molar-refractivity contribution in [1.82, 2.24) is 4.90 Å². The highest BCUT2D eigenvalue weighted by molar-refractivity contribution is 5.94. The van der Waals surface area contributed by atoms with Crippen LogP contribution in [0.4, 0.5) is 0 Å². The third-order valence-corrected chi connectivity index (χ3v) is 3.56. The number of carbonyl (C=O) groups is 1. The van der Waals surface area contributed by atoms with Gasteiger partial charge in [-0.25, -0.2) is 0 Å². The van der Waals surface area contributed by atoms with E-state index in [-0.39, 0.29) is 5.91 Å². The molecule has 1 aromatic rings. The number of fused-ring (bicyclic) bond motifs is 1. The van der Waals surface area contributed by atoms with Crippen LogP contribution in [0.1, 0.15) is 22.3 Å². The van der Waals surface area contributed by atoms with E-state index in [0.717, 1.165) is 36.1 Å². The van der Waals surface area contributed by atoms with E-state index in [1.54, 1.807) is 0 Å². The van der Waals surface area contributed by atoms with Gasteiger partial charge in [-0.3, -0.25) is 4.79 Å². The molecular formula is C14H13NO. The van der Waals surface area contributed by atoms with E-state index in [2.05, 4.69) is 5.92 Å². The van der Waals surface area contributed by atoms with Crippen molar-refractivity contribution < 1.29 is 4.79 Å². The molecule has 2 aliphatic rings. The zero-order valence-corrected chi connectivity index (χ0v) is 9.02. The average Bonchev–Trinajstić information content (AvgIpc) is 2.95. The molecule has 1 aliphatic heterocycles. The summed E-state index contributed by atoms with van der Waals surface area (Å²) in [5.74, 6) is 4.27. The molecule has 2 atom stereocenters. The topological polar surface area (TPSA) is 20.3 Å². The number of piperidine rings is 1. The lowest BCUT2D eigenvalue weighted by Crippen LogP contribution is -2.30. The summed E-state index contributed by atoms with van der Waals surface area (Å²) in [6, 6.07) is 7.29. The molecular weight excluding hydrogens is 198 g/mol. The summed E-state index contributed by atoms with van der Waals surface area (Å²) in [5, 5.41) is 0. The Morgan fingerprint density at radius 1 is 1.25 bits per heavy atom. The molecule has 0 radical (unpaired) electrons.